The van der Waals surface area contributed by atoms with Crippen LogP contribution in [0.4, 0.5) is 5.00 Å². The lowest BCUT2D eigenvalue weighted by atomic mass is 9.63. The van der Waals surface area contributed by atoms with Crippen LogP contribution >= 0.6 is 11.3 Å². The molecule has 0 radical (unpaired) electrons. The van der Waals surface area contributed by atoms with Crippen molar-refractivity contribution in [3.8, 4) is 29.3 Å². The van der Waals surface area contributed by atoms with Gasteiger partial charge in [-0.05, 0) is 77.4 Å². The number of anilines is 1. The van der Waals surface area contributed by atoms with E-state index in [4.69, 9.17) is 30.1 Å². The van der Waals surface area contributed by atoms with Gasteiger partial charge < -0.3 is 20.3 Å². The molecule has 8 rings (SSSR count). The fourth-order valence-electron chi connectivity index (χ4n) is 7.89. The summed E-state index contributed by atoms with van der Waals surface area (Å²) in [6.45, 7) is 4.72. The topological polar surface area (TPSA) is 144 Å². The summed E-state index contributed by atoms with van der Waals surface area (Å²) in [5.74, 6) is 2.45. The number of rotatable bonds is 5. The first kappa shape index (κ1) is 26.8. The van der Waals surface area contributed by atoms with E-state index in [9.17, 15) is 5.26 Å². The number of nitrogens with two attached hydrogens (primary N) is 1. The van der Waals surface area contributed by atoms with Crippen LogP contribution < -0.4 is 15.8 Å². The third-order valence-electron chi connectivity index (χ3n) is 9.91. The lowest BCUT2D eigenvalue weighted by Gasteiger charge is -2.39. The molecule has 11 nitrogen and oxygen atoms in total. The van der Waals surface area contributed by atoms with Crippen molar-refractivity contribution >= 4 is 16.3 Å². The highest BCUT2D eigenvalue weighted by molar-refractivity contribution is 7.16. The number of aromatic nitrogens is 5. The van der Waals surface area contributed by atoms with E-state index in [1.807, 2.05) is 16.9 Å². The molecule has 0 unspecified atom stereocenters. The molecule has 3 N–H and O–H groups in total. The van der Waals surface area contributed by atoms with Crippen LogP contribution in [0.15, 0.2) is 16.8 Å². The van der Waals surface area contributed by atoms with Gasteiger partial charge in [0.2, 0.25) is 5.88 Å². The third-order valence-corrected chi connectivity index (χ3v) is 11.0. The van der Waals surface area contributed by atoms with Gasteiger partial charge in [0, 0.05) is 47.4 Å². The summed E-state index contributed by atoms with van der Waals surface area (Å²) in [7, 11) is 2.15. The number of nitrogens with one attached hydrogen (secondary N) is 1. The minimum Gasteiger partial charge on any atom is -0.473 e. The number of fused-ring (bicyclic) bond motifs is 5. The summed E-state index contributed by atoms with van der Waals surface area (Å²) >= 11 is 1.55. The Bertz CT molecular complexity index is 1740. The van der Waals surface area contributed by atoms with E-state index in [0.29, 0.717) is 39.8 Å². The number of likely N-dealkylation sites (N-methyl/N-ethyl adjacent to an activating group) is 1. The van der Waals surface area contributed by atoms with Gasteiger partial charge in [-0.2, -0.15) is 15.3 Å². The highest BCUT2D eigenvalue weighted by Crippen LogP contribution is 2.55. The van der Waals surface area contributed by atoms with Crippen LogP contribution in [-0.4, -0.2) is 55.5 Å². The first-order chi connectivity index (χ1) is 20.9. The van der Waals surface area contributed by atoms with Crippen molar-refractivity contribution in [2.45, 2.75) is 88.9 Å². The van der Waals surface area contributed by atoms with Gasteiger partial charge in [0.05, 0.1) is 16.7 Å². The molecule has 6 heterocycles. The van der Waals surface area contributed by atoms with Crippen molar-refractivity contribution in [2.24, 2.45) is 0 Å². The maximum absolute atomic E-state index is 10.1. The minimum absolute atomic E-state index is 0.0430. The summed E-state index contributed by atoms with van der Waals surface area (Å²) in [6.07, 6.45) is 9.77. The lowest BCUT2D eigenvalue weighted by Crippen LogP contribution is -2.38. The molecule has 2 aliphatic carbocycles. The van der Waals surface area contributed by atoms with Crippen LogP contribution in [0.2, 0.25) is 0 Å². The van der Waals surface area contributed by atoms with Gasteiger partial charge in [0.1, 0.15) is 17.2 Å². The molecule has 3 atom stereocenters. The Kier molecular flexibility index (Phi) is 6.33. The zero-order chi connectivity index (χ0) is 29.3. The molecular weight excluding hydrogens is 562 g/mol. The Morgan fingerprint density at radius 1 is 1.23 bits per heavy atom. The van der Waals surface area contributed by atoms with E-state index in [2.05, 4.69) is 35.4 Å². The fraction of sp³-hybridized carbons (Fsp3) is 0.516. The number of ether oxygens (including phenoxy) is 1. The van der Waals surface area contributed by atoms with Gasteiger partial charge in [-0.15, -0.1) is 11.3 Å². The van der Waals surface area contributed by atoms with E-state index >= 15 is 0 Å². The van der Waals surface area contributed by atoms with E-state index < -0.39 is 5.41 Å². The van der Waals surface area contributed by atoms with Crippen LogP contribution in [0.25, 0.3) is 17.3 Å². The molecule has 0 amide bonds. The molecule has 4 aromatic heterocycles. The van der Waals surface area contributed by atoms with Crippen LogP contribution in [0.1, 0.15) is 84.0 Å². The van der Waals surface area contributed by atoms with Gasteiger partial charge in [-0.3, -0.25) is 4.90 Å². The molecule has 1 fully saturated rings. The fourth-order valence-corrected chi connectivity index (χ4v) is 9.05. The van der Waals surface area contributed by atoms with Crippen molar-refractivity contribution < 1.29 is 9.26 Å². The number of nitriles is 1. The largest absolute Gasteiger partial charge is 0.473 e. The van der Waals surface area contributed by atoms with Crippen molar-refractivity contribution in [3.05, 3.63) is 50.8 Å². The maximum Gasteiger partial charge on any atom is 0.219 e. The molecule has 2 aliphatic heterocycles. The smallest absolute Gasteiger partial charge is 0.219 e. The van der Waals surface area contributed by atoms with E-state index in [1.54, 1.807) is 11.3 Å². The summed E-state index contributed by atoms with van der Waals surface area (Å²) in [5, 5.41) is 23.5. The first-order valence-electron chi connectivity index (χ1n) is 15.3. The van der Waals surface area contributed by atoms with Crippen LogP contribution in [0.5, 0.6) is 5.88 Å². The van der Waals surface area contributed by atoms with Gasteiger partial charge >= 0.3 is 0 Å². The molecule has 0 saturated carbocycles. The Hall–Kier alpha value is -3.79. The average Bonchev–Trinajstić information content (AvgIpc) is 3.81. The van der Waals surface area contributed by atoms with Crippen LogP contribution in [0, 0.1) is 11.3 Å². The molecule has 1 saturated heterocycles. The quantitative estimate of drug-likeness (QED) is 0.342. The highest BCUT2D eigenvalue weighted by atomic mass is 32.1. The second-order valence-corrected chi connectivity index (χ2v) is 13.6. The van der Waals surface area contributed by atoms with Crippen LogP contribution in [-0.2, 0) is 31.3 Å². The lowest BCUT2D eigenvalue weighted by molar-refractivity contribution is 0.117. The van der Waals surface area contributed by atoms with Crippen molar-refractivity contribution in [3.63, 3.8) is 0 Å². The molecule has 0 bridgehead atoms. The molecule has 222 valence electrons. The van der Waals surface area contributed by atoms with E-state index in [0.717, 1.165) is 87.2 Å². The summed E-state index contributed by atoms with van der Waals surface area (Å²) in [6, 6.07) is 4.60. The number of aryl methyl sites for hydroxylation is 1. The number of nitrogens with zero attached hydrogens (tertiary/aromatic N) is 7. The Morgan fingerprint density at radius 3 is 2.88 bits per heavy atom. The third kappa shape index (κ3) is 4.20. The number of thiophene rings is 1. The van der Waals surface area contributed by atoms with Gasteiger partial charge in [0.25, 0.3) is 0 Å². The molecule has 0 aromatic carbocycles. The molecule has 43 heavy (non-hydrogen) atoms. The monoisotopic (exact) mass is 597 g/mol. The van der Waals surface area contributed by atoms with Crippen molar-refractivity contribution in [2.75, 3.05) is 19.3 Å². The Balaban J connectivity index is 1.24. The number of likely N-dealkylation sites (tertiary alicyclic amines) is 1. The Labute approximate surface area is 254 Å². The molecular formula is C31H35N9O2S. The second-order valence-electron chi connectivity index (χ2n) is 12.4. The SMILES string of the molecule is C[C@H](Oc1cc(-n2cc3c(n2)CNC3)nc(-c2noc3c2CCC[C@@]32CCCc3sc(N)c(C#N)c32)n1)[C@@H]1CCCN1C. The van der Waals surface area contributed by atoms with Crippen LogP contribution in [0.3, 0.4) is 0 Å². The predicted molar refractivity (Wildman–Crippen MR) is 161 cm³/mol. The number of hydrogen-bond donors (Lipinski definition) is 2. The maximum atomic E-state index is 10.1. The van der Waals surface area contributed by atoms with E-state index in [-0.39, 0.29) is 6.10 Å². The zero-order valence-electron chi connectivity index (χ0n) is 24.5. The Morgan fingerprint density at radius 2 is 2.09 bits per heavy atom. The average molecular weight is 598 g/mol. The van der Waals surface area contributed by atoms with Crippen molar-refractivity contribution in [1.29, 1.82) is 5.26 Å². The number of nitrogen functional groups attached to an aromatic ring is 1. The molecule has 4 aromatic rings. The number of hydrogen-bond acceptors (Lipinski definition) is 11. The van der Waals surface area contributed by atoms with E-state index in [1.165, 1.54) is 16.9 Å². The predicted octanol–water partition coefficient (Wildman–Crippen LogP) is 4.26. The highest BCUT2D eigenvalue weighted by Gasteiger charge is 2.49. The second kappa shape index (κ2) is 10.1. The summed E-state index contributed by atoms with van der Waals surface area (Å²) in [4.78, 5) is 13.5. The molecule has 4 aliphatic rings. The minimum atomic E-state index is -0.403. The van der Waals surface area contributed by atoms with Crippen molar-refractivity contribution in [1.82, 2.24) is 35.1 Å². The van der Waals surface area contributed by atoms with Gasteiger partial charge in [-0.1, -0.05) is 5.16 Å². The normalized spacial score (nSPS) is 23.6. The standard InChI is InChI=1S/C31H35N9O2S/c1-17(22-7-5-11-39(22)2)41-25-12-24(40-16-18-14-34-15-21(18)37-40)35-30(36-25)27-19-6-3-9-31(28(19)42-38-27)10-4-8-23-26(31)20(13-32)29(33)43-23/h12,16-17,22,34H,3-11,14-15,33H2,1-2H3/t17-,22-,31-/m0/s1. The van der Waals surface area contributed by atoms with Gasteiger partial charge in [0.15, 0.2) is 23.1 Å². The summed E-state index contributed by atoms with van der Waals surface area (Å²) in [5.41, 5.74) is 11.5. The first-order valence-corrected chi connectivity index (χ1v) is 16.1. The zero-order valence-corrected chi connectivity index (χ0v) is 25.3. The molecule has 12 heteroatoms. The molecule has 1 spiro atoms. The van der Waals surface area contributed by atoms with Gasteiger partial charge in [-0.25, -0.2) is 9.67 Å². The summed E-state index contributed by atoms with van der Waals surface area (Å²) < 4.78 is 14.6.